The molecule has 0 saturated carbocycles. The maximum Gasteiger partial charge on any atom is 0.230 e. The first-order valence-corrected chi connectivity index (χ1v) is 10.1. The van der Waals surface area contributed by atoms with Gasteiger partial charge in [0.25, 0.3) is 0 Å². The zero-order valence-electron chi connectivity index (χ0n) is 13.0. The van der Waals surface area contributed by atoms with Gasteiger partial charge in [0.05, 0.1) is 23.1 Å². The van der Waals surface area contributed by atoms with Gasteiger partial charge in [0.15, 0.2) is 15.0 Å². The van der Waals surface area contributed by atoms with E-state index in [4.69, 9.17) is 0 Å². The summed E-state index contributed by atoms with van der Waals surface area (Å²) in [5, 5.41) is 5.14. The first-order chi connectivity index (χ1) is 10.8. The molecule has 0 aliphatic carbocycles. The molecule has 5 nitrogen and oxygen atoms in total. The molecule has 0 spiro atoms. The van der Waals surface area contributed by atoms with Crippen LogP contribution in [0.4, 0.5) is 5.13 Å². The van der Waals surface area contributed by atoms with Gasteiger partial charge in [0.2, 0.25) is 5.91 Å². The Labute approximate surface area is 139 Å². The van der Waals surface area contributed by atoms with Crippen molar-refractivity contribution in [3.05, 3.63) is 34.7 Å². The van der Waals surface area contributed by atoms with E-state index in [2.05, 4.69) is 30.2 Å². The number of aromatic nitrogens is 1. The molecule has 23 heavy (non-hydrogen) atoms. The maximum absolute atomic E-state index is 12.1. The standard InChI is InChI=1S/C16H18N2O3S2/c1-10-3-4-12(7-11(10)2)14-8-22-16(17-14)18-15(19)13-5-6-23(20,21)9-13/h3-4,7-8,13H,5-6,9H2,1-2H3,(H,17,18,19)/t13-/m1/s1. The lowest BCUT2D eigenvalue weighted by atomic mass is 10.1. The molecular formula is C16H18N2O3S2. The summed E-state index contributed by atoms with van der Waals surface area (Å²) < 4.78 is 22.9. The Bertz CT molecular complexity index is 856. The third kappa shape index (κ3) is 3.61. The third-order valence-electron chi connectivity index (χ3n) is 4.14. The normalized spacial score (nSPS) is 19.7. The van der Waals surface area contributed by atoms with Crippen LogP contribution in [0.1, 0.15) is 17.5 Å². The first-order valence-electron chi connectivity index (χ1n) is 7.38. The number of carbonyl (C=O) groups is 1. The Morgan fingerprint density at radius 3 is 2.74 bits per heavy atom. The van der Waals surface area contributed by atoms with Crippen molar-refractivity contribution in [2.75, 3.05) is 16.8 Å². The molecule has 0 radical (unpaired) electrons. The van der Waals surface area contributed by atoms with Crippen molar-refractivity contribution in [1.82, 2.24) is 4.98 Å². The summed E-state index contributed by atoms with van der Waals surface area (Å²) in [5.74, 6) is -0.688. The molecule has 1 saturated heterocycles. The molecule has 122 valence electrons. The van der Waals surface area contributed by atoms with Crippen LogP contribution in [0.5, 0.6) is 0 Å². The van der Waals surface area contributed by atoms with Gasteiger partial charge in [-0.2, -0.15) is 0 Å². The van der Waals surface area contributed by atoms with Crippen LogP contribution in [0.3, 0.4) is 0 Å². The van der Waals surface area contributed by atoms with E-state index < -0.39 is 15.8 Å². The molecule has 1 aromatic heterocycles. The van der Waals surface area contributed by atoms with Gasteiger partial charge in [-0.05, 0) is 37.5 Å². The molecule has 0 unspecified atom stereocenters. The number of sulfone groups is 1. The smallest absolute Gasteiger partial charge is 0.230 e. The van der Waals surface area contributed by atoms with Gasteiger partial charge in [-0.1, -0.05) is 12.1 Å². The van der Waals surface area contributed by atoms with Crippen LogP contribution in [-0.4, -0.2) is 30.8 Å². The van der Waals surface area contributed by atoms with Crippen molar-refractivity contribution in [2.24, 2.45) is 5.92 Å². The molecular weight excluding hydrogens is 332 g/mol. The fourth-order valence-corrected chi connectivity index (χ4v) is 5.04. The van der Waals surface area contributed by atoms with Crippen LogP contribution >= 0.6 is 11.3 Å². The third-order valence-corrected chi connectivity index (χ3v) is 6.67. The predicted molar refractivity (Wildman–Crippen MR) is 92.4 cm³/mol. The minimum absolute atomic E-state index is 0.0613. The van der Waals surface area contributed by atoms with E-state index in [9.17, 15) is 13.2 Å². The first kappa shape index (κ1) is 16.1. The second-order valence-corrected chi connectivity index (χ2v) is 9.01. The highest BCUT2D eigenvalue weighted by molar-refractivity contribution is 7.91. The summed E-state index contributed by atoms with van der Waals surface area (Å²) in [7, 11) is -3.06. The van der Waals surface area contributed by atoms with Crippen LogP contribution in [-0.2, 0) is 14.6 Å². The molecule has 3 rings (SSSR count). The van der Waals surface area contributed by atoms with Crippen LogP contribution in [0.15, 0.2) is 23.6 Å². The molecule has 0 bridgehead atoms. The van der Waals surface area contributed by atoms with Crippen molar-refractivity contribution in [2.45, 2.75) is 20.3 Å². The number of carbonyl (C=O) groups excluding carboxylic acids is 1. The quantitative estimate of drug-likeness (QED) is 0.923. The molecule has 1 fully saturated rings. The number of hydrogen-bond donors (Lipinski definition) is 1. The molecule has 1 aliphatic heterocycles. The maximum atomic E-state index is 12.1. The number of nitrogens with one attached hydrogen (secondary N) is 1. The minimum Gasteiger partial charge on any atom is -0.302 e. The topological polar surface area (TPSA) is 76.1 Å². The van der Waals surface area contributed by atoms with E-state index in [0.29, 0.717) is 11.6 Å². The van der Waals surface area contributed by atoms with Gasteiger partial charge in [-0.3, -0.25) is 4.79 Å². The van der Waals surface area contributed by atoms with E-state index in [1.807, 2.05) is 17.5 Å². The molecule has 2 aromatic rings. The highest BCUT2D eigenvalue weighted by Crippen LogP contribution is 2.27. The van der Waals surface area contributed by atoms with E-state index in [-0.39, 0.29) is 17.4 Å². The Morgan fingerprint density at radius 1 is 1.30 bits per heavy atom. The van der Waals surface area contributed by atoms with Crippen molar-refractivity contribution < 1.29 is 13.2 Å². The second kappa shape index (κ2) is 6.05. The summed E-state index contributed by atoms with van der Waals surface area (Å²) >= 11 is 1.35. The lowest BCUT2D eigenvalue weighted by molar-refractivity contribution is -0.119. The summed E-state index contributed by atoms with van der Waals surface area (Å²) in [6.07, 6.45) is 0.392. The Balaban J connectivity index is 1.72. The van der Waals surface area contributed by atoms with Crippen LogP contribution in [0, 0.1) is 19.8 Å². The minimum atomic E-state index is -3.06. The molecule has 1 N–H and O–H groups in total. The molecule has 1 atom stereocenters. The second-order valence-electron chi connectivity index (χ2n) is 5.93. The Hall–Kier alpha value is -1.73. The van der Waals surface area contributed by atoms with Gasteiger partial charge >= 0.3 is 0 Å². The fraction of sp³-hybridized carbons (Fsp3) is 0.375. The van der Waals surface area contributed by atoms with Crippen molar-refractivity contribution in [3.63, 3.8) is 0 Å². The lowest BCUT2D eigenvalue weighted by Crippen LogP contribution is -2.23. The molecule has 1 amide bonds. The zero-order valence-corrected chi connectivity index (χ0v) is 14.6. The summed E-state index contributed by atoms with van der Waals surface area (Å²) in [5.41, 5.74) is 4.23. The molecule has 1 aliphatic rings. The monoisotopic (exact) mass is 350 g/mol. The van der Waals surface area contributed by atoms with Crippen LogP contribution in [0.25, 0.3) is 11.3 Å². The number of rotatable bonds is 3. The summed E-state index contributed by atoms with van der Waals surface area (Å²) in [6.45, 7) is 4.11. The van der Waals surface area contributed by atoms with Crippen molar-refractivity contribution >= 4 is 32.2 Å². The number of anilines is 1. The highest BCUT2D eigenvalue weighted by Gasteiger charge is 2.33. The van der Waals surface area contributed by atoms with Crippen LogP contribution < -0.4 is 5.32 Å². The van der Waals surface area contributed by atoms with E-state index >= 15 is 0 Å². The van der Waals surface area contributed by atoms with Gasteiger partial charge in [0.1, 0.15) is 0 Å². The zero-order chi connectivity index (χ0) is 16.6. The summed E-state index contributed by atoms with van der Waals surface area (Å²) in [4.78, 5) is 16.6. The van der Waals surface area contributed by atoms with E-state index in [1.165, 1.54) is 22.5 Å². The molecule has 7 heteroatoms. The largest absolute Gasteiger partial charge is 0.302 e. The van der Waals surface area contributed by atoms with Crippen molar-refractivity contribution in [1.29, 1.82) is 0 Å². The summed E-state index contributed by atoms with van der Waals surface area (Å²) in [6, 6.07) is 6.12. The average Bonchev–Trinajstić information content (AvgIpc) is 3.08. The van der Waals surface area contributed by atoms with E-state index in [1.54, 1.807) is 0 Å². The van der Waals surface area contributed by atoms with Crippen molar-refractivity contribution in [3.8, 4) is 11.3 Å². The number of nitrogens with zero attached hydrogens (tertiary/aromatic N) is 1. The van der Waals surface area contributed by atoms with Gasteiger partial charge < -0.3 is 5.32 Å². The van der Waals surface area contributed by atoms with Crippen LogP contribution in [0.2, 0.25) is 0 Å². The average molecular weight is 350 g/mol. The number of benzene rings is 1. The number of hydrogen-bond acceptors (Lipinski definition) is 5. The number of amides is 1. The fourth-order valence-electron chi connectivity index (χ4n) is 2.57. The Kier molecular flexibility index (Phi) is 4.25. The van der Waals surface area contributed by atoms with Gasteiger partial charge in [0, 0.05) is 10.9 Å². The van der Waals surface area contributed by atoms with E-state index in [0.717, 1.165) is 11.3 Å². The Morgan fingerprint density at radius 2 is 2.09 bits per heavy atom. The lowest BCUT2D eigenvalue weighted by Gasteiger charge is -2.06. The van der Waals surface area contributed by atoms with Gasteiger partial charge in [-0.25, -0.2) is 13.4 Å². The molecule has 1 aromatic carbocycles. The number of aryl methyl sites for hydroxylation is 2. The highest BCUT2D eigenvalue weighted by atomic mass is 32.2. The SMILES string of the molecule is Cc1ccc(-c2csc(NC(=O)[C@@H]3CCS(=O)(=O)C3)n2)cc1C. The van der Waals surface area contributed by atoms with Gasteiger partial charge in [-0.15, -0.1) is 11.3 Å². The predicted octanol–water partition coefficient (Wildman–Crippen LogP) is 2.80. The number of thiazole rings is 1. The molecule has 2 heterocycles.